The smallest absolute Gasteiger partial charge is 0.121 e. The Labute approximate surface area is 147 Å². The minimum Gasteiger partial charge on any atom is -0.508 e. The largest absolute Gasteiger partial charge is 0.508 e. The molecule has 0 aromatic heterocycles. The van der Waals surface area contributed by atoms with Gasteiger partial charge in [-0.3, -0.25) is 4.90 Å². The van der Waals surface area contributed by atoms with Crippen LogP contribution in [0.2, 0.25) is 0 Å². The maximum Gasteiger partial charge on any atom is 0.121 e. The lowest BCUT2D eigenvalue weighted by molar-refractivity contribution is 0.275. The van der Waals surface area contributed by atoms with Crippen LogP contribution < -0.4 is 0 Å². The molecule has 0 fully saturated rings. The molecule has 0 atom stereocenters. The first kappa shape index (κ1) is 15.9. The van der Waals surface area contributed by atoms with Crippen LogP contribution in [-0.2, 0) is 26.2 Å². The molecule has 3 aromatic rings. The summed E-state index contributed by atoms with van der Waals surface area (Å²) >= 11 is 0. The zero-order valence-electron chi connectivity index (χ0n) is 14.0. The van der Waals surface area contributed by atoms with Crippen LogP contribution in [0.3, 0.4) is 0 Å². The summed E-state index contributed by atoms with van der Waals surface area (Å²) in [5, 5.41) is 19.1. The number of phenols is 1. The first-order valence-electron chi connectivity index (χ1n) is 8.54. The molecule has 1 aliphatic heterocycles. The quantitative estimate of drug-likeness (QED) is 0.757. The molecular weight excluding hydrogens is 310 g/mol. The fraction of sp³-hybridized carbons (Fsp3) is 0.182. The van der Waals surface area contributed by atoms with E-state index in [1.165, 1.54) is 16.7 Å². The third kappa shape index (κ3) is 3.29. The Kier molecular flexibility index (Phi) is 4.26. The summed E-state index contributed by atoms with van der Waals surface area (Å²) in [7, 11) is 0. The Bertz CT molecular complexity index is 879. The van der Waals surface area contributed by atoms with Crippen LogP contribution in [0.15, 0.2) is 66.7 Å². The van der Waals surface area contributed by atoms with E-state index in [2.05, 4.69) is 53.4 Å². The summed E-state index contributed by atoms with van der Waals surface area (Å²) < 4.78 is 0. The van der Waals surface area contributed by atoms with Crippen molar-refractivity contribution in [1.29, 1.82) is 0 Å². The highest BCUT2D eigenvalue weighted by atomic mass is 16.3. The Morgan fingerprint density at radius 3 is 2.24 bits per heavy atom. The van der Waals surface area contributed by atoms with Gasteiger partial charge in [0.1, 0.15) is 5.75 Å². The van der Waals surface area contributed by atoms with E-state index < -0.39 is 0 Å². The van der Waals surface area contributed by atoms with Gasteiger partial charge in [0.15, 0.2) is 0 Å². The van der Waals surface area contributed by atoms with E-state index in [4.69, 9.17) is 0 Å². The summed E-state index contributed by atoms with van der Waals surface area (Å²) in [6, 6.07) is 22.5. The first-order chi connectivity index (χ1) is 12.2. The third-order valence-electron chi connectivity index (χ3n) is 4.82. The lowest BCUT2D eigenvalue weighted by Gasteiger charge is -2.16. The average molecular weight is 331 g/mol. The van der Waals surface area contributed by atoms with Gasteiger partial charge in [0.25, 0.3) is 0 Å². The number of rotatable bonds is 4. The second kappa shape index (κ2) is 6.71. The highest BCUT2D eigenvalue weighted by Gasteiger charge is 2.18. The van der Waals surface area contributed by atoms with Gasteiger partial charge in [-0.25, -0.2) is 0 Å². The van der Waals surface area contributed by atoms with Gasteiger partial charge in [0, 0.05) is 25.2 Å². The van der Waals surface area contributed by atoms with Crippen LogP contribution in [0.1, 0.15) is 22.3 Å². The Balaban J connectivity index is 1.54. The molecule has 1 heterocycles. The first-order valence-corrected chi connectivity index (χ1v) is 8.54. The summed E-state index contributed by atoms with van der Waals surface area (Å²) in [6.07, 6.45) is 0. The van der Waals surface area contributed by atoms with Crippen molar-refractivity contribution < 1.29 is 10.2 Å². The highest BCUT2D eigenvalue weighted by Crippen LogP contribution is 2.28. The lowest BCUT2D eigenvalue weighted by atomic mass is 10.0. The molecule has 0 spiro atoms. The molecule has 3 heteroatoms. The van der Waals surface area contributed by atoms with Gasteiger partial charge in [0.2, 0.25) is 0 Å². The van der Waals surface area contributed by atoms with Gasteiger partial charge < -0.3 is 10.2 Å². The van der Waals surface area contributed by atoms with E-state index in [0.717, 1.165) is 30.8 Å². The minimum absolute atomic E-state index is 0.136. The number of fused-ring (bicyclic) bond motifs is 1. The van der Waals surface area contributed by atoms with E-state index in [-0.39, 0.29) is 12.4 Å². The Hall–Kier alpha value is -2.62. The second-order valence-corrected chi connectivity index (χ2v) is 6.62. The number of nitrogens with zero attached hydrogens (tertiary/aromatic N) is 1. The van der Waals surface area contributed by atoms with Crippen molar-refractivity contribution in [3.8, 4) is 16.9 Å². The van der Waals surface area contributed by atoms with Crippen LogP contribution in [0.25, 0.3) is 11.1 Å². The van der Waals surface area contributed by atoms with E-state index in [1.54, 1.807) is 6.07 Å². The number of aromatic hydroxyl groups is 1. The molecular formula is C22H21NO2. The highest BCUT2D eigenvalue weighted by molar-refractivity contribution is 5.66. The van der Waals surface area contributed by atoms with Crippen LogP contribution >= 0.6 is 0 Å². The molecule has 0 radical (unpaired) electrons. The number of aliphatic hydroxyl groups is 1. The predicted molar refractivity (Wildman–Crippen MR) is 98.9 cm³/mol. The summed E-state index contributed by atoms with van der Waals surface area (Å²) in [5.74, 6) is 0.136. The third-order valence-corrected chi connectivity index (χ3v) is 4.82. The van der Waals surface area contributed by atoms with Crippen molar-refractivity contribution in [1.82, 2.24) is 4.90 Å². The lowest BCUT2D eigenvalue weighted by Crippen LogP contribution is -2.15. The molecule has 2 N–H and O–H groups in total. The molecule has 0 saturated carbocycles. The fourth-order valence-corrected chi connectivity index (χ4v) is 3.51. The number of hydrogen-bond donors (Lipinski definition) is 2. The summed E-state index contributed by atoms with van der Waals surface area (Å²) in [4.78, 5) is 2.44. The van der Waals surface area contributed by atoms with E-state index in [9.17, 15) is 10.2 Å². The van der Waals surface area contributed by atoms with Crippen molar-refractivity contribution in [2.75, 3.05) is 0 Å². The standard InChI is InChI=1S/C22H21NO2/c24-15-21-11-18(8-9-22(21)25)17-7-3-4-16(10-17)12-23-13-19-5-1-2-6-20(19)14-23/h1-11,24-25H,12-15H2. The molecule has 0 amide bonds. The van der Waals surface area contributed by atoms with Gasteiger partial charge in [-0.15, -0.1) is 0 Å². The molecule has 0 saturated heterocycles. The maximum absolute atomic E-state index is 9.75. The molecule has 3 aromatic carbocycles. The fourth-order valence-electron chi connectivity index (χ4n) is 3.51. The van der Waals surface area contributed by atoms with Gasteiger partial charge in [-0.1, -0.05) is 48.5 Å². The van der Waals surface area contributed by atoms with Gasteiger partial charge in [0.05, 0.1) is 6.61 Å². The average Bonchev–Trinajstić information content (AvgIpc) is 3.04. The van der Waals surface area contributed by atoms with E-state index >= 15 is 0 Å². The van der Waals surface area contributed by atoms with Gasteiger partial charge in [-0.2, -0.15) is 0 Å². The monoisotopic (exact) mass is 331 g/mol. The molecule has 25 heavy (non-hydrogen) atoms. The molecule has 4 rings (SSSR count). The number of aliphatic hydroxyl groups excluding tert-OH is 1. The predicted octanol–water partition coefficient (Wildman–Crippen LogP) is 4.07. The Morgan fingerprint density at radius 2 is 1.52 bits per heavy atom. The van der Waals surface area contributed by atoms with Crippen molar-refractivity contribution in [3.05, 3.63) is 89.0 Å². The van der Waals surface area contributed by atoms with Crippen LogP contribution in [0.4, 0.5) is 0 Å². The SMILES string of the molecule is OCc1cc(-c2cccc(CN3Cc4ccccc4C3)c2)ccc1O. The topological polar surface area (TPSA) is 43.7 Å². The molecule has 3 nitrogen and oxygen atoms in total. The van der Waals surface area contributed by atoms with Crippen molar-refractivity contribution >= 4 is 0 Å². The van der Waals surface area contributed by atoms with E-state index in [0.29, 0.717) is 5.56 Å². The number of hydrogen-bond acceptors (Lipinski definition) is 3. The molecule has 0 unspecified atom stereocenters. The molecule has 0 bridgehead atoms. The molecule has 1 aliphatic rings. The van der Waals surface area contributed by atoms with Crippen LogP contribution in [0.5, 0.6) is 5.75 Å². The van der Waals surface area contributed by atoms with Gasteiger partial charge in [-0.05, 0) is 46.0 Å². The van der Waals surface area contributed by atoms with Crippen molar-refractivity contribution in [2.24, 2.45) is 0 Å². The molecule has 0 aliphatic carbocycles. The zero-order chi connectivity index (χ0) is 17.2. The zero-order valence-corrected chi connectivity index (χ0v) is 14.0. The number of benzene rings is 3. The van der Waals surface area contributed by atoms with Crippen molar-refractivity contribution in [3.63, 3.8) is 0 Å². The summed E-state index contributed by atoms with van der Waals surface area (Å²) in [6.45, 7) is 2.74. The summed E-state index contributed by atoms with van der Waals surface area (Å²) in [5.41, 5.74) is 6.77. The van der Waals surface area contributed by atoms with Crippen LogP contribution in [0, 0.1) is 0 Å². The van der Waals surface area contributed by atoms with Crippen molar-refractivity contribution in [2.45, 2.75) is 26.2 Å². The van der Waals surface area contributed by atoms with E-state index in [1.807, 2.05) is 12.1 Å². The van der Waals surface area contributed by atoms with Crippen LogP contribution in [-0.4, -0.2) is 15.1 Å². The van der Waals surface area contributed by atoms with Gasteiger partial charge >= 0.3 is 0 Å². The maximum atomic E-state index is 9.75. The second-order valence-electron chi connectivity index (χ2n) is 6.62. The molecule has 126 valence electrons. The Morgan fingerprint density at radius 1 is 0.800 bits per heavy atom. The normalized spacial score (nSPS) is 13.8. The minimum atomic E-state index is -0.161.